The molecule has 2 atom stereocenters. The highest BCUT2D eigenvalue weighted by Crippen LogP contribution is 2.47. The first-order valence-corrected chi connectivity index (χ1v) is 10.8. The van der Waals surface area contributed by atoms with Gasteiger partial charge in [-0.15, -0.1) is 0 Å². The van der Waals surface area contributed by atoms with Crippen LogP contribution in [0.1, 0.15) is 13.8 Å². The number of benzene rings is 1. The quantitative estimate of drug-likeness (QED) is 0.152. The molecule has 1 heterocycles. The van der Waals surface area contributed by atoms with Crippen molar-refractivity contribution in [2.45, 2.75) is 24.8 Å². The molecule has 8 nitrogen and oxygen atoms in total. The lowest BCUT2D eigenvalue weighted by Crippen LogP contribution is -2.80. The van der Waals surface area contributed by atoms with Crippen LogP contribution in [0.25, 0.3) is 0 Å². The van der Waals surface area contributed by atoms with Gasteiger partial charge in [-0.25, -0.2) is 0 Å². The van der Waals surface area contributed by atoms with Gasteiger partial charge in [-0.3, -0.25) is 19.8 Å². The number of hydrogen-bond donors (Lipinski definition) is 2. The average molecular weight is 438 g/mol. The third-order valence-corrected chi connectivity index (χ3v) is 6.89. The second-order valence-electron chi connectivity index (χ2n) is 6.34. The number of ether oxygens (including phenoxy) is 2. The van der Waals surface area contributed by atoms with Gasteiger partial charge in [0.1, 0.15) is 17.7 Å². The first-order valence-electron chi connectivity index (χ1n) is 8.63. The summed E-state index contributed by atoms with van der Waals surface area (Å²) in [7, 11) is 3.58. The number of nitrogens with zero attached hydrogens (tertiary/aromatic N) is 1. The van der Waals surface area contributed by atoms with E-state index in [1.807, 2.05) is 6.07 Å². The molecular weight excluding hydrogens is 414 g/mol. The second kappa shape index (κ2) is 9.84. The second-order valence-corrected chi connectivity index (χ2v) is 8.83. The lowest BCUT2D eigenvalue weighted by atomic mass is 9.81. The summed E-state index contributed by atoms with van der Waals surface area (Å²) < 4.78 is 10.1. The van der Waals surface area contributed by atoms with Crippen molar-refractivity contribution in [2.24, 2.45) is 0 Å². The van der Waals surface area contributed by atoms with E-state index >= 15 is 0 Å². The summed E-state index contributed by atoms with van der Waals surface area (Å²) in [5, 5.41) is 10.1. The Hall–Kier alpha value is -2.46. The molecule has 1 saturated heterocycles. The van der Waals surface area contributed by atoms with E-state index in [1.54, 1.807) is 38.1 Å². The van der Waals surface area contributed by atoms with E-state index in [4.69, 9.17) is 10.1 Å². The number of para-hydroxylation sites is 1. The summed E-state index contributed by atoms with van der Waals surface area (Å²) in [6.45, 7) is 6.60. The Kier molecular flexibility index (Phi) is 7.74. The van der Waals surface area contributed by atoms with E-state index in [-0.39, 0.29) is 13.2 Å². The van der Waals surface area contributed by atoms with E-state index in [1.165, 1.54) is 22.8 Å². The number of nitrogens with one attached hydrogen (secondary N) is 2. The van der Waals surface area contributed by atoms with Gasteiger partial charge >= 0.3 is 5.97 Å². The maximum Gasteiger partial charge on any atom is 0.325 e. The van der Waals surface area contributed by atoms with Crippen LogP contribution < -0.4 is 10.1 Å². The Morgan fingerprint density at radius 3 is 2.52 bits per heavy atom. The number of methoxy groups -OCH3 is 1. The summed E-state index contributed by atoms with van der Waals surface area (Å²) in [5.41, 5.74) is -0.962. The number of β-lactam (4-membered cyclic amide) rings is 1. The van der Waals surface area contributed by atoms with Crippen molar-refractivity contribution in [2.75, 3.05) is 20.3 Å². The van der Waals surface area contributed by atoms with Gasteiger partial charge in [0.2, 0.25) is 0 Å². The molecule has 1 aliphatic rings. The number of likely N-dealkylation sites (tertiary alicyclic amines) is 1. The van der Waals surface area contributed by atoms with Gasteiger partial charge in [0.25, 0.3) is 11.8 Å². The van der Waals surface area contributed by atoms with E-state index in [0.717, 1.165) is 10.8 Å². The van der Waals surface area contributed by atoms with Crippen LogP contribution in [-0.4, -0.2) is 58.9 Å². The molecule has 0 spiro atoms. The molecule has 0 aromatic heterocycles. The largest absolute Gasteiger partial charge is 0.484 e. The summed E-state index contributed by atoms with van der Waals surface area (Å²) >= 11 is 0. The van der Waals surface area contributed by atoms with Gasteiger partial charge < -0.3 is 19.7 Å². The van der Waals surface area contributed by atoms with Gasteiger partial charge in [0.15, 0.2) is 12.1 Å². The van der Waals surface area contributed by atoms with Crippen LogP contribution in [0.4, 0.5) is 0 Å². The predicted octanol–water partition coefficient (Wildman–Crippen LogP) is 2.22. The van der Waals surface area contributed by atoms with Gasteiger partial charge in [0, 0.05) is 0 Å². The molecular formula is C19H23N3O5S2. The predicted molar refractivity (Wildman–Crippen MR) is 114 cm³/mol. The molecule has 0 bridgehead atoms. The molecule has 0 aliphatic carbocycles. The van der Waals surface area contributed by atoms with Crippen LogP contribution in [0, 0.1) is 5.41 Å². The van der Waals surface area contributed by atoms with Crippen molar-refractivity contribution in [1.82, 2.24) is 10.2 Å². The fourth-order valence-electron chi connectivity index (χ4n) is 2.74. The molecule has 0 radical (unpaired) electrons. The molecule has 29 heavy (non-hydrogen) atoms. The van der Waals surface area contributed by atoms with Crippen molar-refractivity contribution in [1.29, 1.82) is 5.41 Å². The van der Waals surface area contributed by atoms with Crippen LogP contribution in [0.15, 0.2) is 42.5 Å². The van der Waals surface area contributed by atoms with Crippen LogP contribution in [-0.2, 0) is 19.1 Å². The average Bonchev–Trinajstić information content (AvgIpc) is 2.70. The first kappa shape index (κ1) is 22.8. The number of amides is 2. The Balaban J connectivity index is 2.17. The molecule has 156 valence electrons. The summed E-state index contributed by atoms with van der Waals surface area (Å²) in [6, 6.07) is 8.84. The minimum Gasteiger partial charge on any atom is -0.484 e. The summed E-state index contributed by atoms with van der Waals surface area (Å²) in [6.07, 6.45) is 0. The molecule has 2 N–H and O–H groups in total. The summed E-state index contributed by atoms with van der Waals surface area (Å²) in [5.74, 6) is -0.996. The fraction of sp³-hybridized carbons (Fsp3) is 0.368. The molecule has 10 heteroatoms. The van der Waals surface area contributed by atoms with E-state index in [2.05, 4.69) is 16.6 Å². The Morgan fingerprint density at radius 2 is 1.97 bits per heavy atom. The third-order valence-electron chi connectivity index (χ3n) is 4.17. The molecule has 1 aromatic rings. The normalized spacial score (nSPS) is 20.4. The van der Waals surface area contributed by atoms with Gasteiger partial charge in [-0.05, 0) is 42.3 Å². The van der Waals surface area contributed by atoms with Crippen LogP contribution in [0.2, 0.25) is 0 Å². The smallest absolute Gasteiger partial charge is 0.325 e. The Bertz CT molecular complexity index is 817. The maximum atomic E-state index is 13.0. The fourth-order valence-corrected chi connectivity index (χ4v) is 5.21. The molecule has 2 amide bonds. The van der Waals surface area contributed by atoms with E-state index < -0.39 is 28.7 Å². The number of carbonyl (C=O) groups excluding carboxylic acids is 3. The first-order chi connectivity index (χ1) is 13.7. The molecule has 0 saturated carbocycles. The summed E-state index contributed by atoms with van der Waals surface area (Å²) in [4.78, 5) is 38.5. The molecule has 1 fully saturated rings. The maximum absolute atomic E-state index is 13.0. The minimum absolute atomic E-state index is 0.254. The Labute approximate surface area is 177 Å². The number of carbonyl (C=O) groups is 3. The zero-order valence-corrected chi connectivity index (χ0v) is 18.0. The minimum atomic E-state index is -1.39. The van der Waals surface area contributed by atoms with Crippen molar-refractivity contribution < 1.29 is 23.9 Å². The molecule has 1 aromatic carbocycles. The topological polar surface area (TPSA) is 109 Å². The van der Waals surface area contributed by atoms with Crippen molar-refractivity contribution in [3.63, 3.8) is 0 Å². The highest BCUT2D eigenvalue weighted by Gasteiger charge is 2.63. The number of rotatable bonds is 9. The lowest BCUT2D eigenvalue weighted by Gasteiger charge is -2.55. The standard InChI is InChI=1S/C19H23N3O5S2/c1-12(2)19(21-15(23)11-27-14-8-6-5-7-9-14)17(25)22(10-16(24)26-4)18(19)29-28-13(3)20/h5-9,18,20H,1,10-11H2,2-4H3,(H,21,23). The monoisotopic (exact) mass is 437 g/mol. The number of hydrogen-bond acceptors (Lipinski definition) is 8. The van der Waals surface area contributed by atoms with E-state index in [0.29, 0.717) is 16.4 Å². The van der Waals surface area contributed by atoms with Crippen molar-refractivity contribution in [3.05, 3.63) is 42.5 Å². The zero-order chi connectivity index (χ0) is 21.6. The lowest BCUT2D eigenvalue weighted by molar-refractivity contribution is -0.162. The van der Waals surface area contributed by atoms with Gasteiger partial charge in [-0.2, -0.15) is 0 Å². The SMILES string of the molecule is C=C(C)C1(NC(=O)COc2ccccc2)C(=O)N(CC(=O)OC)C1SSC(C)=N. The zero-order valence-electron chi connectivity index (χ0n) is 16.4. The molecule has 2 unspecified atom stereocenters. The van der Waals surface area contributed by atoms with Gasteiger partial charge in [-0.1, -0.05) is 35.6 Å². The highest BCUT2D eigenvalue weighted by molar-refractivity contribution is 8.82. The van der Waals surface area contributed by atoms with Crippen LogP contribution >= 0.6 is 21.6 Å². The van der Waals surface area contributed by atoms with Gasteiger partial charge in [0.05, 0.1) is 12.2 Å². The van der Waals surface area contributed by atoms with Crippen molar-refractivity contribution >= 4 is 44.4 Å². The Morgan fingerprint density at radius 1 is 1.31 bits per heavy atom. The van der Waals surface area contributed by atoms with Crippen LogP contribution in [0.5, 0.6) is 5.75 Å². The highest BCUT2D eigenvalue weighted by atomic mass is 33.1. The molecule has 2 rings (SSSR count). The van der Waals surface area contributed by atoms with Crippen LogP contribution in [0.3, 0.4) is 0 Å². The third kappa shape index (κ3) is 5.13. The molecule has 1 aliphatic heterocycles. The van der Waals surface area contributed by atoms with Crippen molar-refractivity contribution in [3.8, 4) is 5.75 Å². The van der Waals surface area contributed by atoms with E-state index in [9.17, 15) is 14.4 Å². The number of esters is 1.